The molecule has 1 amide bonds. The first kappa shape index (κ1) is 19.4. The van der Waals surface area contributed by atoms with Gasteiger partial charge in [-0.25, -0.2) is 9.18 Å². The van der Waals surface area contributed by atoms with E-state index in [-0.39, 0.29) is 13.2 Å². The summed E-state index contributed by atoms with van der Waals surface area (Å²) < 4.78 is 18.6. The van der Waals surface area contributed by atoms with E-state index < -0.39 is 29.7 Å². The monoisotopic (exact) mass is 359 g/mol. The maximum Gasteiger partial charge on any atom is 0.407 e. The van der Waals surface area contributed by atoms with Crippen molar-refractivity contribution in [1.29, 1.82) is 0 Å². The van der Waals surface area contributed by atoms with E-state index in [1.165, 1.54) is 12.1 Å². The summed E-state index contributed by atoms with van der Waals surface area (Å²) in [7, 11) is 0. The standard InChI is InChI=1S/C20H22FNO4/c1-2-17(15-9-6-10-16(21)11-15)18(19(23)24)12-22-20(25)26-13-14-7-4-3-5-8-14/h3-11,17-18H,2,12-13H2,1H3,(H,22,25)(H,23,24)/t17-,18+/m0/s1. The number of aliphatic carboxylic acids is 1. The van der Waals surface area contributed by atoms with Gasteiger partial charge in [0.25, 0.3) is 0 Å². The molecule has 0 aromatic heterocycles. The number of amides is 1. The summed E-state index contributed by atoms with van der Waals surface area (Å²) in [5, 5.41) is 12.0. The minimum absolute atomic E-state index is 0.0992. The Labute approximate surface area is 151 Å². The molecule has 0 fully saturated rings. The average Bonchev–Trinajstić information content (AvgIpc) is 2.64. The van der Waals surface area contributed by atoms with E-state index >= 15 is 0 Å². The van der Waals surface area contributed by atoms with E-state index in [0.717, 1.165) is 5.56 Å². The predicted octanol–water partition coefficient (Wildman–Crippen LogP) is 3.95. The smallest absolute Gasteiger partial charge is 0.407 e. The van der Waals surface area contributed by atoms with Crippen molar-refractivity contribution in [2.45, 2.75) is 25.9 Å². The summed E-state index contributed by atoms with van der Waals surface area (Å²) in [5.74, 6) is -2.77. The predicted molar refractivity (Wildman–Crippen MR) is 95.2 cm³/mol. The summed E-state index contributed by atoms with van der Waals surface area (Å²) in [6.07, 6.45) is -0.185. The highest BCUT2D eigenvalue weighted by Gasteiger charge is 2.29. The topological polar surface area (TPSA) is 75.6 Å². The van der Waals surface area contributed by atoms with Gasteiger partial charge in [-0.2, -0.15) is 0 Å². The Balaban J connectivity index is 1.96. The molecule has 138 valence electrons. The average molecular weight is 359 g/mol. The number of rotatable bonds is 8. The van der Waals surface area contributed by atoms with Gasteiger partial charge in [0.05, 0.1) is 5.92 Å². The summed E-state index contributed by atoms with van der Waals surface area (Å²) in [6, 6.07) is 15.1. The molecule has 0 aliphatic rings. The Morgan fingerprint density at radius 1 is 1.15 bits per heavy atom. The van der Waals surface area contributed by atoms with E-state index in [4.69, 9.17) is 4.74 Å². The number of carbonyl (C=O) groups excluding carboxylic acids is 1. The van der Waals surface area contributed by atoms with Gasteiger partial charge >= 0.3 is 12.1 Å². The first-order valence-electron chi connectivity index (χ1n) is 8.44. The Bertz CT molecular complexity index is 736. The second kappa shape index (κ2) is 9.56. The summed E-state index contributed by atoms with van der Waals surface area (Å²) in [4.78, 5) is 23.5. The van der Waals surface area contributed by atoms with Gasteiger partial charge < -0.3 is 15.2 Å². The van der Waals surface area contributed by atoms with Crippen molar-refractivity contribution >= 4 is 12.1 Å². The lowest BCUT2D eigenvalue weighted by molar-refractivity contribution is -0.142. The van der Waals surface area contributed by atoms with Crippen LogP contribution in [0.15, 0.2) is 54.6 Å². The third-order valence-corrected chi connectivity index (χ3v) is 4.20. The van der Waals surface area contributed by atoms with Crippen LogP contribution in [0, 0.1) is 11.7 Å². The zero-order chi connectivity index (χ0) is 18.9. The fourth-order valence-electron chi connectivity index (χ4n) is 2.86. The fourth-order valence-corrected chi connectivity index (χ4v) is 2.86. The lowest BCUT2D eigenvalue weighted by Gasteiger charge is -2.23. The van der Waals surface area contributed by atoms with Crippen molar-refractivity contribution in [3.8, 4) is 0 Å². The quantitative estimate of drug-likeness (QED) is 0.748. The molecule has 26 heavy (non-hydrogen) atoms. The number of benzene rings is 2. The number of carboxylic acid groups (broad SMARTS) is 1. The third kappa shape index (κ3) is 5.58. The van der Waals surface area contributed by atoms with Crippen LogP contribution in [0.4, 0.5) is 9.18 Å². The van der Waals surface area contributed by atoms with Crippen molar-refractivity contribution in [3.05, 3.63) is 71.5 Å². The second-order valence-electron chi connectivity index (χ2n) is 5.96. The molecule has 0 spiro atoms. The molecule has 2 rings (SSSR count). The molecule has 2 aromatic carbocycles. The van der Waals surface area contributed by atoms with Gasteiger partial charge in [-0.1, -0.05) is 49.4 Å². The summed E-state index contributed by atoms with van der Waals surface area (Å²) in [6.45, 7) is 1.84. The Morgan fingerprint density at radius 3 is 2.50 bits per heavy atom. The molecule has 0 bridgehead atoms. The van der Waals surface area contributed by atoms with Gasteiger partial charge in [0.15, 0.2) is 0 Å². The van der Waals surface area contributed by atoms with Crippen LogP contribution in [-0.2, 0) is 16.1 Å². The molecule has 2 atom stereocenters. The molecule has 0 aliphatic carbocycles. The first-order chi connectivity index (χ1) is 12.5. The first-order valence-corrected chi connectivity index (χ1v) is 8.44. The molecule has 0 radical (unpaired) electrons. The number of carboxylic acids is 1. The van der Waals surface area contributed by atoms with Crippen LogP contribution in [-0.4, -0.2) is 23.7 Å². The number of hydrogen-bond donors (Lipinski definition) is 2. The number of hydrogen-bond acceptors (Lipinski definition) is 3. The highest BCUT2D eigenvalue weighted by Crippen LogP contribution is 2.28. The molecular weight excluding hydrogens is 337 g/mol. The molecule has 2 aromatic rings. The highest BCUT2D eigenvalue weighted by molar-refractivity contribution is 5.73. The molecule has 2 N–H and O–H groups in total. The highest BCUT2D eigenvalue weighted by atomic mass is 19.1. The maximum absolute atomic E-state index is 13.5. The van der Waals surface area contributed by atoms with Crippen molar-refractivity contribution in [3.63, 3.8) is 0 Å². The Kier molecular flexibility index (Phi) is 7.14. The number of alkyl carbamates (subject to hydrolysis) is 1. The van der Waals surface area contributed by atoms with Gasteiger partial charge in [-0.3, -0.25) is 4.79 Å². The molecule has 0 unspecified atom stereocenters. The zero-order valence-electron chi connectivity index (χ0n) is 14.5. The minimum Gasteiger partial charge on any atom is -0.481 e. The summed E-state index contributed by atoms with van der Waals surface area (Å²) >= 11 is 0. The largest absolute Gasteiger partial charge is 0.481 e. The minimum atomic E-state index is -1.05. The van der Waals surface area contributed by atoms with Gasteiger partial charge in [0.1, 0.15) is 12.4 Å². The number of halogens is 1. The van der Waals surface area contributed by atoms with Crippen LogP contribution in [0.5, 0.6) is 0 Å². The van der Waals surface area contributed by atoms with E-state index in [2.05, 4.69) is 5.32 Å². The van der Waals surface area contributed by atoms with Gasteiger partial charge in [-0.05, 0) is 35.6 Å². The van der Waals surface area contributed by atoms with Crippen LogP contribution in [0.1, 0.15) is 30.4 Å². The molecule has 6 heteroatoms. The summed E-state index contributed by atoms with van der Waals surface area (Å²) in [5.41, 5.74) is 1.43. The number of nitrogens with one attached hydrogen (secondary N) is 1. The SMILES string of the molecule is CC[C@@H](c1cccc(F)c1)[C@@H](CNC(=O)OCc1ccccc1)C(=O)O. The molecule has 0 saturated carbocycles. The third-order valence-electron chi connectivity index (χ3n) is 4.20. The van der Waals surface area contributed by atoms with Crippen molar-refractivity contribution in [2.24, 2.45) is 5.92 Å². The zero-order valence-corrected chi connectivity index (χ0v) is 14.5. The lowest BCUT2D eigenvalue weighted by atomic mass is 9.84. The number of ether oxygens (including phenoxy) is 1. The Hall–Kier alpha value is -2.89. The van der Waals surface area contributed by atoms with E-state index in [9.17, 15) is 19.1 Å². The van der Waals surface area contributed by atoms with Crippen LogP contribution in [0.3, 0.4) is 0 Å². The number of carbonyl (C=O) groups is 2. The van der Waals surface area contributed by atoms with E-state index in [1.54, 1.807) is 12.1 Å². The van der Waals surface area contributed by atoms with Crippen molar-refractivity contribution < 1.29 is 23.8 Å². The van der Waals surface area contributed by atoms with Crippen LogP contribution in [0.25, 0.3) is 0 Å². The Morgan fingerprint density at radius 2 is 1.88 bits per heavy atom. The molecule has 0 heterocycles. The van der Waals surface area contributed by atoms with Gasteiger partial charge in [0, 0.05) is 6.54 Å². The van der Waals surface area contributed by atoms with Crippen LogP contribution < -0.4 is 5.32 Å². The van der Waals surface area contributed by atoms with Crippen molar-refractivity contribution in [1.82, 2.24) is 5.32 Å². The molecule has 5 nitrogen and oxygen atoms in total. The van der Waals surface area contributed by atoms with Gasteiger partial charge in [-0.15, -0.1) is 0 Å². The van der Waals surface area contributed by atoms with E-state index in [0.29, 0.717) is 12.0 Å². The van der Waals surface area contributed by atoms with Crippen LogP contribution >= 0.6 is 0 Å². The maximum atomic E-state index is 13.5. The normalized spacial score (nSPS) is 12.8. The molecule has 0 aliphatic heterocycles. The van der Waals surface area contributed by atoms with Gasteiger partial charge in [0.2, 0.25) is 0 Å². The van der Waals surface area contributed by atoms with E-state index in [1.807, 2.05) is 37.3 Å². The second-order valence-corrected chi connectivity index (χ2v) is 5.96. The fraction of sp³-hybridized carbons (Fsp3) is 0.300. The van der Waals surface area contributed by atoms with Crippen molar-refractivity contribution in [2.75, 3.05) is 6.54 Å². The molecular formula is C20H22FNO4. The molecule has 0 saturated heterocycles. The lowest BCUT2D eigenvalue weighted by Crippen LogP contribution is -2.36. The van der Waals surface area contributed by atoms with Crippen LogP contribution in [0.2, 0.25) is 0 Å².